The summed E-state index contributed by atoms with van der Waals surface area (Å²) >= 11 is 3.62. The van der Waals surface area contributed by atoms with Crippen molar-refractivity contribution in [2.75, 3.05) is 18.0 Å². The predicted octanol–water partition coefficient (Wildman–Crippen LogP) is 3.47. The lowest BCUT2D eigenvalue weighted by molar-refractivity contribution is -0.0749. The van der Waals surface area contributed by atoms with E-state index in [-0.39, 0.29) is 17.7 Å². The number of anilines is 1. The number of benzene rings is 1. The number of hydrogen-bond acceptors (Lipinski definition) is 3. The molecule has 0 saturated carbocycles. The molecule has 0 aliphatic carbocycles. The Morgan fingerprint density at radius 2 is 2.16 bits per heavy atom. The summed E-state index contributed by atoms with van der Waals surface area (Å²) in [7, 11) is 0. The molecule has 1 fully saturated rings. The minimum Gasteiger partial charge on any atom is -0.369 e. The molecule has 2 atom stereocenters. The SMILES string of the molecule is CC1CN(c2ccc([C@@H](C)N)c(Br)c2)CC(C)(C)O1. The molecule has 1 aliphatic heterocycles. The molecule has 1 aliphatic rings. The summed E-state index contributed by atoms with van der Waals surface area (Å²) in [5.41, 5.74) is 8.20. The third-order valence-corrected chi connectivity index (χ3v) is 4.10. The number of ether oxygens (including phenoxy) is 1. The molecule has 0 spiro atoms. The van der Waals surface area contributed by atoms with Crippen LogP contribution in [0.4, 0.5) is 5.69 Å². The van der Waals surface area contributed by atoms with Gasteiger partial charge in [0.05, 0.1) is 11.7 Å². The third-order valence-electron chi connectivity index (χ3n) is 3.41. The number of nitrogens with zero attached hydrogens (tertiary/aromatic N) is 1. The second-order valence-corrected chi connectivity index (χ2v) is 6.92. The Morgan fingerprint density at radius 3 is 2.68 bits per heavy atom. The maximum Gasteiger partial charge on any atom is 0.0805 e. The lowest BCUT2D eigenvalue weighted by atomic mass is 10.0. The van der Waals surface area contributed by atoms with E-state index in [2.05, 4.69) is 59.8 Å². The monoisotopic (exact) mass is 326 g/mol. The van der Waals surface area contributed by atoms with Crippen LogP contribution in [0.1, 0.15) is 39.3 Å². The zero-order chi connectivity index (χ0) is 14.2. The average molecular weight is 327 g/mol. The smallest absolute Gasteiger partial charge is 0.0805 e. The van der Waals surface area contributed by atoms with Gasteiger partial charge in [-0.05, 0) is 45.4 Å². The van der Waals surface area contributed by atoms with Gasteiger partial charge in [0.2, 0.25) is 0 Å². The Balaban J connectivity index is 2.24. The molecule has 1 aromatic carbocycles. The van der Waals surface area contributed by atoms with E-state index in [9.17, 15) is 0 Å². The third kappa shape index (κ3) is 3.50. The molecule has 2 rings (SSSR count). The lowest BCUT2D eigenvalue weighted by Gasteiger charge is -2.43. The van der Waals surface area contributed by atoms with E-state index in [1.54, 1.807) is 0 Å². The van der Waals surface area contributed by atoms with E-state index in [1.165, 1.54) is 5.69 Å². The highest BCUT2D eigenvalue weighted by Crippen LogP contribution is 2.31. The van der Waals surface area contributed by atoms with Gasteiger partial charge < -0.3 is 15.4 Å². The molecule has 1 aromatic rings. The van der Waals surface area contributed by atoms with Gasteiger partial charge in [-0.25, -0.2) is 0 Å². The first-order valence-electron chi connectivity index (χ1n) is 6.76. The molecule has 2 N–H and O–H groups in total. The molecule has 0 aromatic heterocycles. The maximum absolute atomic E-state index is 5.94. The molecule has 3 nitrogen and oxygen atoms in total. The van der Waals surface area contributed by atoms with Crippen molar-refractivity contribution in [2.24, 2.45) is 5.73 Å². The summed E-state index contributed by atoms with van der Waals surface area (Å²) in [4.78, 5) is 2.38. The van der Waals surface area contributed by atoms with Crippen LogP contribution in [0.3, 0.4) is 0 Å². The first kappa shape index (κ1) is 14.8. The first-order valence-corrected chi connectivity index (χ1v) is 7.55. The van der Waals surface area contributed by atoms with Crippen LogP contribution < -0.4 is 10.6 Å². The number of nitrogens with two attached hydrogens (primary N) is 1. The predicted molar refractivity (Wildman–Crippen MR) is 83.6 cm³/mol. The summed E-state index contributed by atoms with van der Waals surface area (Å²) in [6.45, 7) is 10.2. The molecular weight excluding hydrogens is 304 g/mol. The zero-order valence-corrected chi connectivity index (χ0v) is 13.7. The molecule has 106 valence electrons. The zero-order valence-electron chi connectivity index (χ0n) is 12.1. The van der Waals surface area contributed by atoms with Crippen molar-refractivity contribution in [1.82, 2.24) is 0 Å². The van der Waals surface area contributed by atoms with Crippen LogP contribution in [0.25, 0.3) is 0 Å². The Kier molecular flexibility index (Phi) is 4.23. The molecule has 0 radical (unpaired) electrons. The van der Waals surface area contributed by atoms with Crippen molar-refractivity contribution < 1.29 is 4.74 Å². The number of hydrogen-bond donors (Lipinski definition) is 1. The van der Waals surface area contributed by atoms with Gasteiger partial charge in [0.25, 0.3) is 0 Å². The fourth-order valence-corrected chi connectivity index (χ4v) is 3.46. The maximum atomic E-state index is 5.94. The van der Waals surface area contributed by atoms with E-state index >= 15 is 0 Å². The number of rotatable bonds is 2. The molecular formula is C15H23BrN2O. The fourth-order valence-electron chi connectivity index (χ4n) is 2.73. The van der Waals surface area contributed by atoms with E-state index < -0.39 is 0 Å². The van der Waals surface area contributed by atoms with Crippen molar-refractivity contribution in [2.45, 2.75) is 45.4 Å². The topological polar surface area (TPSA) is 38.5 Å². The van der Waals surface area contributed by atoms with Gasteiger partial charge in [-0.15, -0.1) is 0 Å². The van der Waals surface area contributed by atoms with E-state index in [0.29, 0.717) is 0 Å². The van der Waals surface area contributed by atoms with E-state index in [4.69, 9.17) is 10.5 Å². The highest BCUT2D eigenvalue weighted by Gasteiger charge is 2.31. The molecule has 0 amide bonds. The first-order chi connectivity index (χ1) is 8.78. The summed E-state index contributed by atoms with van der Waals surface area (Å²) in [6, 6.07) is 6.46. The Bertz CT molecular complexity index is 459. The van der Waals surface area contributed by atoms with Crippen LogP contribution in [0.15, 0.2) is 22.7 Å². The summed E-state index contributed by atoms with van der Waals surface area (Å²) in [5.74, 6) is 0. The molecule has 19 heavy (non-hydrogen) atoms. The molecule has 4 heteroatoms. The fraction of sp³-hybridized carbons (Fsp3) is 0.600. The van der Waals surface area contributed by atoms with Gasteiger partial charge in [-0.3, -0.25) is 0 Å². The van der Waals surface area contributed by atoms with Crippen LogP contribution in [0.2, 0.25) is 0 Å². The minimum absolute atomic E-state index is 0.0449. The summed E-state index contributed by atoms with van der Waals surface area (Å²) in [6.07, 6.45) is 0.246. The summed E-state index contributed by atoms with van der Waals surface area (Å²) < 4.78 is 7.02. The van der Waals surface area contributed by atoms with Gasteiger partial charge in [0.15, 0.2) is 0 Å². The number of morpholine rings is 1. The number of halogens is 1. The largest absolute Gasteiger partial charge is 0.369 e. The molecule has 0 bridgehead atoms. The van der Waals surface area contributed by atoms with Crippen molar-refractivity contribution in [3.63, 3.8) is 0 Å². The highest BCUT2D eigenvalue weighted by atomic mass is 79.9. The highest BCUT2D eigenvalue weighted by molar-refractivity contribution is 9.10. The van der Waals surface area contributed by atoms with E-state index in [1.807, 2.05) is 6.92 Å². The van der Waals surface area contributed by atoms with Crippen molar-refractivity contribution >= 4 is 21.6 Å². The normalized spacial score (nSPS) is 24.3. The molecule has 1 unspecified atom stereocenters. The van der Waals surface area contributed by atoms with Gasteiger partial charge >= 0.3 is 0 Å². The Hall–Kier alpha value is -0.580. The van der Waals surface area contributed by atoms with Gasteiger partial charge in [-0.2, -0.15) is 0 Å². The van der Waals surface area contributed by atoms with Crippen LogP contribution in [-0.4, -0.2) is 24.8 Å². The van der Waals surface area contributed by atoms with Crippen LogP contribution in [0, 0.1) is 0 Å². The van der Waals surface area contributed by atoms with E-state index in [0.717, 1.165) is 23.1 Å². The second-order valence-electron chi connectivity index (χ2n) is 6.06. The van der Waals surface area contributed by atoms with Crippen molar-refractivity contribution in [3.8, 4) is 0 Å². The molecule has 1 saturated heterocycles. The van der Waals surface area contributed by atoms with Gasteiger partial charge in [-0.1, -0.05) is 22.0 Å². The molecule has 1 heterocycles. The minimum atomic E-state index is -0.107. The van der Waals surface area contributed by atoms with Crippen molar-refractivity contribution in [1.29, 1.82) is 0 Å². The Labute approximate surface area is 124 Å². The standard InChI is InChI=1S/C15H23BrN2O/c1-10-8-18(9-15(3,4)19-10)12-5-6-13(11(2)17)14(16)7-12/h5-7,10-11H,8-9,17H2,1-4H3/t10?,11-/m1/s1. The van der Waals surface area contributed by atoms with Crippen molar-refractivity contribution in [3.05, 3.63) is 28.2 Å². The van der Waals surface area contributed by atoms with Crippen LogP contribution in [-0.2, 0) is 4.74 Å². The quantitative estimate of drug-likeness (QED) is 0.904. The second kappa shape index (κ2) is 5.43. The average Bonchev–Trinajstić information content (AvgIpc) is 2.25. The van der Waals surface area contributed by atoms with Crippen LogP contribution >= 0.6 is 15.9 Å². The van der Waals surface area contributed by atoms with Gasteiger partial charge in [0, 0.05) is 29.3 Å². The van der Waals surface area contributed by atoms with Gasteiger partial charge in [0.1, 0.15) is 0 Å². The lowest BCUT2D eigenvalue weighted by Crippen LogP contribution is -2.52. The Morgan fingerprint density at radius 1 is 1.47 bits per heavy atom. The van der Waals surface area contributed by atoms with Crippen LogP contribution in [0.5, 0.6) is 0 Å². The summed E-state index contributed by atoms with van der Waals surface area (Å²) in [5, 5.41) is 0.